The van der Waals surface area contributed by atoms with Crippen molar-refractivity contribution < 1.29 is 23.0 Å². The van der Waals surface area contributed by atoms with Crippen LogP contribution in [0.2, 0.25) is 0 Å². The molecule has 122 valence electrons. The highest BCUT2D eigenvalue weighted by Gasteiger charge is 2.43. The molecule has 6 nitrogen and oxygen atoms in total. The average molecular weight is 323 g/mol. The molecule has 0 saturated heterocycles. The molecule has 0 fully saturated rings. The van der Waals surface area contributed by atoms with Crippen molar-refractivity contribution >= 4 is 5.97 Å². The van der Waals surface area contributed by atoms with Crippen molar-refractivity contribution in [2.45, 2.75) is 25.5 Å². The fourth-order valence-electron chi connectivity index (χ4n) is 2.58. The van der Waals surface area contributed by atoms with Gasteiger partial charge in [0.15, 0.2) is 0 Å². The van der Waals surface area contributed by atoms with Crippen molar-refractivity contribution in [1.29, 1.82) is 0 Å². The number of rotatable bonds is 4. The lowest BCUT2D eigenvalue weighted by atomic mass is 9.99. The number of benzene rings is 1. The van der Waals surface area contributed by atoms with E-state index >= 15 is 0 Å². The van der Waals surface area contributed by atoms with Crippen LogP contribution in [0.25, 0.3) is 0 Å². The predicted molar refractivity (Wildman–Crippen MR) is 74.8 cm³/mol. The summed E-state index contributed by atoms with van der Waals surface area (Å²) in [5.74, 6) is -1.09. The minimum Gasteiger partial charge on any atom is -0.469 e. The number of hydrogen-bond donors (Lipinski definition) is 0. The third kappa shape index (κ3) is 3.01. The van der Waals surface area contributed by atoms with Gasteiger partial charge in [0, 0.05) is 13.0 Å². The molecular weight excluding hydrogens is 308 g/mol. The van der Waals surface area contributed by atoms with Crippen molar-refractivity contribution in [2.24, 2.45) is 5.92 Å². The van der Waals surface area contributed by atoms with Gasteiger partial charge in [-0.2, -0.15) is 8.78 Å². The summed E-state index contributed by atoms with van der Waals surface area (Å²) in [6.07, 6.45) is -2.77. The van der Waals surface area contributed by atoms with Crippen molar-refractivity contribution in [3.8, 4) is 5.75 Å². The smallest absolute Gasteiger partial charge is 0.462 e. The third-order valence-corrected chi connectivity index (χ3v) is 3.73. The van der Waals surface area contributed by atoms with Crippen LogP contribution >= 0.6 is 0 Å². The van der Waals surface area contributed by atoms with Gasteiger partial charge in [0.2, 0.25) is 5.82 Å². The Morgan fingerprint density at radius 3 is 2.74 bits per heavy atom. The van der Waals surface area contributed by atoms with E-state index in [9.17, 15) is 13.6 Å². The first-order chi connectivity index (χ1) is 11.0. The van der Waals surface area contributed by atoms with Gasteiger partial charge in [-0.25, -0.2) is 0 Å². The summed E-state index contributed by atoms with van der Waals surface area (Å²) in [6, 6.07) is 7.75. The molecule has 1 unspecified atom stereocenters. The lowest BCUT2D eigenvalue weighted by molar-refractivity contribution is -0.194. The van der Waals surface area contributed by atoms with Gasteiger partial charge in [-0.15, -0.1) is 10.2 Å². The van der Waals surface area contributed by atoms with E-state index in [-0.39, 0.29) is 12.3 Å². The van der Waals surface area contributed by atoms with Crippen LogP contribution in [0.5, 0.6) is 5.75 Å². The van der Waals surface area contributed by atoms with Gasteiger partial charge in [0.25, 0.3) is 0 Å². The number of aromatic nitrogens is 3. The molecule has 3 rings (SSSR count). The van der Waals surface area contributed by atoms with E-state index < -0.39 is 23.8 Å². The number of ether oxygens (including phenoxy) is 2. The monoisotopic (exact) mass is 323 g/mol. The number of hydrogen-bond acceptors (Lipinski definition) is 5. The first-order valence-electron chi connectivity index (χ1n) is 7.13. The van der Waals surface area contributed by atoms with E-state index in [1.54, 1.807) is 18.2 Å². The summed E-state index contributed by atoms with van der Waals surface area (Å²) in [4.78, 5) is 11.7. The predicted octanol–water partition coefficient (Wildman–Crippen LogP) is 2.14. The molecule has 0 aliphatic carbocycles. The normalized spacial score (nSPS) is 17.4. The molecule has 0 spiro atoms. The molecule has 1 atom stereocenters. The molecule has 1 aromatic heterocycles. The second-order valence-corrected chi connectivity index (χ2v) is 5.24. The minimum absolute atomic E-state index is 0.0233. The van der Waals surface area contributed by atoms with Crippen LogP contribution in [0, 0.1) is 5.92 Å². The van der Waals surface area contributed by atoms with Gasteiger partial charge in [-0.3, -0.25) is 4.79 Å². The fraction of sp³-hybridized carbons (Fsp3) is 0.400. The van der Waals surface area contributed by atoms with Gasteiger partial charge in [0.05, 0.1) is 13.0 Å². The summed E-state index contributed by atoms with van der Waals surface area (Å²) < 4.78 is 39.5. The Morgan fingerprint density at radius 1 is 1.30 bits per heavy atom. The number of fused-ring (bicyclic) bond motifs is 1. The maximum Gasteiger partial charge on any atom is 0.462 e. The molecule has 0 saturated carbocycles. The summed E-state index contributed by atoms with van der Waals surface area (Å²) >= 11 is 0. The van der Waals surface area contributed by atoms with Crippen molar-refractivity contribution in [2.75, 3.05) is 7.11 Å². The molecule has 0 radical (unpaired) electrons. The van der Waals surface area contributed by atoms with E-state index in [4.69, 9.17) is 9.47 Å². The number of carbonyl (C=O) groups excluding carboxylic acids is 1. The van der Waals surface area contributed by atoms with Crippen LogP contribution in [0.1, 0.15) is 18.1 Å². The summed E-state index contributed by atoms with van der Waals surface area (Å²) in [6.45, 7) is 0.0537. The topological polar surface area (TPSA) is 66.2 Å². The number of carbonyl (C=O) groups is 1. The Bertz CT molecular complexity index is 703. The average Bonchev–Trinajstić information content (AvgIpc) is 2.98. The Balaban J connectivity index is 1.87. The summed E-state index contributed by atoms with van der Waals surface area (Å²) in [5.41, 5.74) is 0. The molecule has 23 heavy (non-hydrogen) atoms. The van der Waals surface area contributed by atoms with Crippen molar-refractivity contribution in [3.05, 3.63) is 42.0 Å². The number of alkyl halides is 2. The standard InChI is InChI=1S/C15H15F2N3O3/c1-22-13(21)10-7-8-12-18-19-14(20(12)9-10)15(16,17)23-11-5-3-2-4-6-11/h2-6,10H,7-9H2,1H3. The number of aryl methyl sites for hydroxylation is 1. The number of para-hydroxylation sites is 1. The van der Waals surface area contributed by atoms with Gasteiger partial charge < -0.3 is 14.0 Å². The van der Waals surface area contributed by atoms with E-state index in [1.807, 2.05) is 0 Å². The Hall–Kier alpha value is -2.51. The number of esters is 1. The number of nitrogens with zero attached hydrogens (tertiary/aromatic N) is 3. The molecule has 8 heteroatoms. The molecule has 1 aliphatic rings. The number of halogens is 2. The van der Waals surface area contributed by atoms with Crippen LogP contribution in [-0.4, -0.2) is 27.8 Å². The van der Waals surface area contributed by atoms with Crippen LogP contribution in [0.4, 0.5) is 8.78 Å². The zero-order valence-corrected chi connectivity index (χ0v) is 12.4. The number of methoxy groups -OCH3 is 1. The SMILES string of the molecule is COC(=O)C1CCc2nnc(C(F)(F)Oc3ccccc3)n2C1. The summed E-state index contributed by atoms with van der Waals surface area (Å²) in [5, 5.41) is 7.36. The molecule has 1 aromatic carbocycles. The Kier molecular flexibility index (Phi) is 3.97. The third-order valence-electron chi connectivity index (χ3n) is 3.73. The zero-order valence-electron chi connectivity index (χ0n) is 12.4. The van der Waals surface area contributed by atoms with Crippen molar-refractivity contribution in [3.63, 3.8) is 0 Å². The van der Waals surface area contributed by atoms with E-state index in [0.717, 1.165) is 0 Å². The fourth-order valence-corrected chi connectivity index (χ4v) is 2.58. The highest BCUT2D eigenvalue weighted by atomic mass is 19.3. The first-order valence-corrected chi connectivity index (χ1v) is 7.13. The summed E-state index contributed by atoms with van der Waals surface area (Å²) in [7, 11) is 1.28. The van der Waals surface area contributed by atoms with E-state index in [1.165, 1.54) is 23.8 Å². The Labute approximate surface area is 131 Å². The largest absolute Gasteiger partial charge is 0.469 e. The maximum absolute atomic E-state index is 14.4. The van der Waals surface area contributed by atoms with Gasteiger partial charge in [0.1, 0.15) is 11.6 Å². The minimum atomic E-state index is -3.65. The molecule has 2 heterocycles. The lowest BCUT2D eigenvalue weighted by Gasteiger charge is -2.24. The zero-order chi connectivity index (χ0) is 16.4. The maximum atomic E-state index is 14.4. The van der Waals surface area contributed by atoms with E-state index in [2.05, 4.69) is 10.2 Å². The second kappa shape index (κ2) is 5.94. The van der Waals surface area contributed by atoms with Gasteiger partial charge >= 0.3 is 12.1 Å². The molecule has 0 amide bonds. The van der Waals surface area contributed by atoms with Crippen LogP contribution < -0.4 is 4.74 Å². The van der Waals surface area contributed by atoms with Crippen LogP contribution in [0.15, 0.2) is 30.3 Å². The van der Waals surface area contributed by atoms with Gasteiger partial charge in [-0.05, 0) is 18.6 Å². The Morgan fingerprint density at radius 2 is 2.04 bits per heavy atom. The first kappa shape index (κ1) is 15.4. The van der Waals surface area contributed by atoms with Crippen LogP contribution in [0.3, 0.4) is 0 Å². The quantitative estimate of drug-likeness (QED) is 0.807. The lowest BCUT2D eigenvalue weighted by Crippen LogP contribution is -2.33. The highest BCUT2D eigenvalue weighted by molar-refractivity contribution is 5.72. The van der Waals surface area contributed by atoms with Crippen molar-refractivity contribution in [1.82, 2.24) is 14.8 Å². The van der Waals surface area contributed by atoms with Gasteiger partial charge in [-0.1, -0.05) is 18.2 Å². The van der Waals surface area contributed by atoms with Crippen LogP contribution in [-0.2, 0) is 28.6 Å². The molecule has 0 bridgehead atoms. The molecule has 0 N–H and O–H groups in total. The molecular formula is C15H15F2N3O3. The van der Waals surface area contributed by atoms with E-state index in [0.29, 0.717) is 18.7 Å². The molecule has 2 aromatic rings. The highest BCUT2D eigenvalue weighted by Crippen LogP contribution is 2.33. The second-order valence-electron chi connectivity index (χ2n) is 5.24. The molecule has 1 aliphatic heterocycles.